The Hall–Kier alpha value is -5.32. The van der Waals surface area contributed by atoms with E-state index in [1.807, 2.05) is 47.4 Å². The standard InChI is InChI=1S/C37H43N7O4/c1-4-17-43(18-5-2)36(46)29-20-27-13-14-28(21-32(27)41-33(38)22-29)35(45)40-30-15-16-34(39-23-30)44-19-9-12-31(24-44)42(3)37(47)48-25-26-10-7-6-8-11-26/h6-8,10-11,13-16,20-21,23,31H,3-5,9,12,17-19,22,24-25H2,1-2H3,(H2-,38,40,41,45,46)/p+1. The normalized spacial score (nSPS) is 15.7. The molecule has 11 nitrogen and oxygen atoms in total. The van der Waals surface area contributed by atoms with Crippen molar-refractivity contribution in [3.05, 3.63) is 89.1 Å². The Balaban J connectivity index is 1.20. The number of nitrogens with zero attached hydrogens (tertiary/aromatic N) is 5. The molecule has 5 rings (SSSR count). The molecule has 3 heterocycles. The number of pyridine rings is 1. The molecule has 1 saturated heterocycles. The van der Waals surface area contributed by atoms with Crippen molar-refractivity contribution in [3.8, 4) is 0 Å². The highest BCUT2D eigenvalue weighted by Crippen LogP contribution is 2.29. The van der Waals surface area contributed by atoms with Crippen LogP contribution in [-0.4, -0.2) is 77.1 Å². The lowest BCUT2D eigenvalue weighted by atomic mass is 10.0. The Kier molecular flexibility index (Phi) is 11.3. The summed E-state index contributed by atoms with van der Waals surface area (Å²) in [6.45, 7) is 11.0. The van der Waals surface area contributed by atoms with E-state index in [1.54, 1.807) is 30.5 Å². The summed E-state index contributed by atoms with van der Waals surface area (Å²) in [5.41, 5.74) is 9.95. The summed E-state index contributed by atoms with van der Waals surface area (Å²) in [5.74, 6) is 0.715. The monoisotopic (exact) mass is 650 g/mol. The first-order valence-corrected chi connectivity index (χ1v) is 16.5. The van der Waals surface area contributed by atoms with Gasteiger partial charge in [-0.3, -0.25) is 9.59 Å². The van der Waals surface area contributed by atoms with Gasteiger partial charge in [-0.25, -0.2) is 9.98 Å². The fraction of sp³-hybridized carbons (Fsp3) is 0.351. The molecule has 2 aromatic carbocycles. The number of benzene rings is 2. The van der Waals surface area contributed by atoms with Gasteiger partial charge in [0.15, 0.2) is 6.04 Å². The summed E-state index contributed by atoms with van der Waals surface area (Å²) in [5, 5.41) is 2.91. The Bertz CT molecular complexity index is 1700. The lowest BCUT2D eigenvalue weighted by Gasteiger charge is -2.30. The number of fused-ring (bicyclic) bond motifs is 1. The highest BCUT2D eigenvalue weighted by molar-refractivity contribution is 6.07. The number of ether oxygens (including phenoxy) is 1. The van der Waals surface area contributed by atoms with Crippen LogP contribution < -0.4 is 16.0 Å². The fourth-order valence-electron chi connectivity index (χ4n) is 5.95. The number of aliphatic imine (C=N–C) groups is 1. The number of nitrogens with one attached hydrogen (secondary N) is 1. The third-order valence-corrected chi connectivity index (χ3v) is 8.41. The number of rotatable bonds is 11. The van der Waals surface area contributed by atoms with Gasteiger partial charge in [0.05, 0.1) is 24.1 Å². The molecule has 1 unspecified atom stereocenters. The van der Waals surface area contributed by atoms with Gasteiger partial charge in [0, 0.05) is 49.2 Å². The second-order valence-corrected chi connectivity index (χ2v) is 12.1. The van der Waals surface area contributed by atoms with Crippen molar-refractivity contribution in [1.29, 1.82) is 0 Å². The molecular weight excluding hydrogens is 606 g/mol. The van der Waals surface area contributed by atoms with Crippen molar-refractivity contribution in [1.82, 2.24) is 9.88 Å². The molecular formula is C37H44N7O4+. The van der Waals surface area contributed by atoms with E-state index in [1.165, 1.54) is 4.58 Å². The quantitative estimate of drug-likeness (QED) is 0.199. The van der Waals surface area contributed by atoms with E-state index in [-0.39, 0.29) is 30.9 Å². The van der Waals surface area contributed by atoms with Crippen LogP contribution in [0.4, 0.5) is 22.0 Å². The summed E-state index contributed by atoms with van der Waals surface area (Å²) >= 11 is 0. The van der Waals surface area contributed by atoms with Gasteiger partial charge in [-0.1, -0.05) is 50.2 Å². The number of nitrogens with two attached hydrogens (primary N) is 1. The first kappa shape index (κ1) is 34.0. The van der Waals surface area contributed by atoms with E-state index in [2.05, 4.69) is 40.8 Å². The highest BCUT2D eigenvalue weighted by Gasteiger charge is 2.33. The molecule has 2 aliphatic heterocycles. The molecule has 3 amide bonds. The van der Waals surface area contributed by atoms with Gasteiger partial charge in [0.25, 0.3) is 5.91 Å². The molecule has 1 atom stereocenters. The van der Waals surface area contributed by atoms with E-state index in [4.69, 9.17) is 10.5 Å². The molecule has 0 saturated carbocycles. The Morgan fingerprint density at radius 2 is 1.85 bits per heavy atom. The predicted octanol–water partition coefficient (Wildman–Crippen LogP) is 5.78. The second kappa shape index (κ2) is 16.0. The van der Waals surface area contributed by atoms with Crippen molar-refractivity contribution < 1.29 is 23.7 Å². The average molecular weight is 651 g/mol. The molecule has 0 spiro atoms. The van der Waals surface area contributed by atoms with Crippen molar-refractivity contribution in [2.45, 2.75) is 58.6 Å². The van der Waals surface area contributed by atoms with Crippen LogP contribution in [0, 0.1) is 0 Å². The van der Waals surface area contributed by atoms with E-state index < -0.39 is 6.09 Å². The van der Waals surface area contributed by atoms with Crippen LogP contribution in [-0.2, 0) is 16.1 Å². The third kappa shape index (κ3) is 8.52. The molecule has 0 radical (unpaired) electrons. The van der Waals surface area contributed by atoms with Gasteiger partial charge < -0.3 is 25.6 Å². The number of anilines is 2. The number of piperidine rings is 1. The third-order valence-electron chi connectivity index (χ3n) is 8.41. The van der Waals surface area contributed by atoms with Crippen LogP contribution in [0.2, 0.25) is 0 Å². The molecule has 1 aromatic heterocycles. The summed E-state index contributed by atoms with van der Waals surface area (Å²) in [7, 11) is 0. The minimum absolute atomic E-state index is 0.0347. The maximum absolute atomic E-state index is 13.3. The van der Waals surface area contributed by atoms with Crippen LogP contribution in [0.1, 0.15) is 67.4 Å². The summed E-state index contributed by atoms with van der Waals surface area (Å²) in [6, 6.07) is 18.3. The summed E-state index contributed by atoms with van der Waals surface area (Å²) in [4.78, 5) is 52.3. The average Bonchev–Trinajstić information content (AvgIpc) is 3.28. The highest BCUT2D eigenvalue weighted by atomic mass is 16.5. The maximum Gasteiger partial charge on any atom is 0.596 e. The minimum atomic E-state index is -0.460. The van der Waals surface area contributed by atoms with Crippen LogP contribution in [0.5, 0.6) is 0 Å². The van der Waals surface area contributed by atoms with Gasteiger partial charge >= 0.3 is 6.09 Å². The Morgan fingerprint density at radius 1 is 1.08 bits per heavy atom. The van der Waals surface area contributed by atoms with Crippen LogP contribution in [0.25, 0.3) is 6.08 Å². The van der Waals surface area contributed by atoms with Crippen LogP contribution in [0.15, 0.2) is 77.4 Å². The van der Waals surface area contributed by atoms with Gasteiger partial charge in [0.1, 0.15) is 25.0 Å². The zero-order valence-corrected chi connectivity index (χ0v) is 27.7. The Labute approximate surface area is 281 Å². The molecule has 3 N–H and O–H groups in total. The SMILES string of the molecule is C=[N+](C(=O)OCc1ccccc1)C1CCCN(c2ccc(NC(=O)c3ccc4c(c3)N=C(N)CC(C(=O)N(CCC)CCC)=C4)cn2)C1. The van der Waals surface area contributed by atoms with Crippen LogP contribution in [0.3, 0.4) is 0 Å². The number of hydrogen-bond donors (Lipinski definition) is 2. The largest absolute Gasteiger partial charge is 0.596 e. The maximum atomic E-state index is 13.3. The molecule has 250 valence electrons. The van der Waals surface area contributed by atoms with Crippen molar-refractivity contribution in [3.63, 3.8) is 0 Å². The smallest absolute Gasteiger partial charge is 0.407 e. The fourth-order valence-corrected chi connectivity index (χ4v) is 5.95. The molecule has 0 bridgehead atoms. The van der Waals surface area contributed by atoms with E-state index in [9.17, 15) is 14.4 Å². The lowest BCUT2D eigenvalue weighted by Crippen LogP contribution is -2.46. The number of carbonyl (C=O) groups is 3. The van der Waals surface area contributed by atoms with E-state index in [0.717, 1.165) is 49.2 Å². The van der Waals surface area contributed by atoms with Gasteiger partial charge in [-0.05, 0) is 55.2 Å². The Morgan fingerprint density at radius 3 is 2.56 bits per heavy atom. The first-order chi connectivity index (χ1) is 23.2. The number of amides is 3. The molecule has 3 aromatic rings. The number of carbonyl (C=O) groups excluding carboxylic acids is 3. The van der Waals surface area contributed by atoms with Crippen molar-refractivity contribution >= 4 is 53.7 Å². The zero-order chi connectivity index (χ0) is 34.0. The summed E-state index contributed by atoms with van der Waals surface area (Å²) in [6.07, 6.45) is 6.67. The van der Waals surface area contributed by atoms with E-state index >= 15 is 0 Å². The molecule has 2 aliphatic rings. The molecule has 11 heteroatoms. The van der Waals surface area contributed by atoms with E-state index in [0.29, 0.717) is 48.0 Å². The number of amidine groups is 1. The van der Waals surface area contributed by atoms with Crippen LogP contribution >= 0.6 is 0 Å². The topological polar surface area (TPSA) is 133 Å². The number of hydrogen-bond acceptors (Lipinski definition) is 8. The zero-order valence-electron chi connectivity index (χ0n) is 27.7. The van der Waals surface area contributed by atoms with Crippen molar-refractivity contribution in [2.75, 3.05) is 36.4 Å². The van der Waals surface area contributed by atoms with Gasteiger partial charge in [0.2, 0.25) is 5.91 Å². The predicted molar refractivity (Wildman–Crippen MR) is 189 cm³/mol. The second-order valence-electron chi connectivity index (χ2n) is 12.1. The lowest BCUT2D eigenvalue weighted by molar-refractivity contribution is -0.480. The van der Waals surface area contributed by atoms with Crippen molar-refractivity contribution in [2.24, 2.45) is 10.7 Å². The molecule has 48 heavy (non-hydrogen) atoms. The van der Waals surface area contributed by atoms with Gasteiger partial charge in [-0.2, -0.15) is 4.79 Å². The molecule has 1 fully saturated rings. The molecule has 0 aliphatic carbocycles. The number of aromatic nitrogens is 1. The summed E-state index contributed by atoms with van der Waals surface area (Å²) < 4.78 is 6.89. The minimum Gasteiger partial charge on any atom is -0.407 e. The van der Waals surface area contributed by atoms with Gasteiger partial charge in [-0.15, -0.1) is 4.58 Å². The first-order valence-electron chi connectivity index (χ1n) is 16.5.